The van der Waals surface area contributed by atoms with Gasteiger partial charge in [-0.15, -0.1) is 6.42 Å². The number of ether oxygens (including phenoxy) is 1. The first-order chi connectivity index (χ1) is 12.4. The molecule has 0 spiro atoms. The molecule has 7 heteroatoms. The molecule has 0 saturated carbocycles. The van der Waals surface area contributed by atoms with E-state index in [9.17, 15) is 15.2 Å². The van der Waals surface area contributed by atoms with Crippen molar-refractivity contribution in [2.24, 2.45) is 0 Å². The van der Waals surface area contributed by atoms with E-state index in [1.165, 1.54) is 42.5 Å². The van der Waals surface area contributed by atoms with Crippen molar-refractivity contribution in [1.82, 2.24) is 0 Å². The molecule has 2 N–H and O–H groups in total. The zero-order chi connectivity index (χ0) is 19.1. The predicted molar refractivity (Wildman–Crippen MR) is 101 cm³/mol. The summed E-state index contributed by atoms with van der Waals surface area (Å²) < 4.78 is 5.39. The van der Waals surface area contributed by atoms with Gasteiger partial charge in [0.1, 0.15) is 29.7 Å². The van der Waals surface area contributed by atoms with E-state index in [1.54, 1.807) is 0 Å². The van der Waals surface area contributed by atoms with Crippen molar-refractivity contribution in [3.63, 3.8) is 0 Å². The largest absolute Gasteiger partial charge is 0.508 e. The molecule has 0 aliphatic carbocycles. The second-order valence-corrected chi connectivity index (χ2v) is 5.81. The lowest BCUT2D eigenvalue weighted by Gasteiger charge is -2.10. The van der Waals surface area contributed by atoms with E-state index >= 15 is 0 Å². The molecule has 26 heavy (non-hydrogen) atoms. The Kier molecular flexibility index (Phi) is 6.52. The van der Waals surface area contributed by atoms with Crippen molar-refractivity contribution in [3.8, 4) is 29.9 Å². The summed E-state index contributed by atoms with van der Waals surface area (Å²) in [6.45, 7) is -0.0379. The third-order valence-corrected chi connectivity index (χ3v) is 3.63. The van der Waals surface area contributed by atoms with Crippen molar-refractivity contribution in [2.45, 2.75) is 0 Å². The molecule has 2 rings (SSSR count). The molecule has 2 aromatic rings. The van der Waals surface area contributed by atoms with Crippen molar-refractivity contribution in [2.75, 3.05) is 11.9 Å². The fraction of sp³-hybridized carbons (Fsp3) is 0.0526. The van der Waals surface area contributed by atoms with Crippen LogP contribution < -0.4 is 10.1 Å². The van der Waals surface area contributed by atoms with Crippen LogP contribution in [0.1, 0.15) is 5.56 Å². The van der Waals surface area contributed by atoms with Crippen LogP contribution in [0.3, 0.4) is 0 Å². The van der Waals surface area contributed by atoms with Crippen LogP contribution in [0, 0.1) is 23.7 Å². The third kappa shape index (κ3) is 4.94. The second kappa shape index (κ2) is 8.82. The molecule has 0 unspecified atom stereocenters. The molecule has 1 amide bonds. The van der Waals surface area contributed by atoms with Gasteiger partial charge in [0.05, 0.1) is 5.02 Å². The zero-order valence-electron chi connectivity index (χ0n) is 13.3. The monoisotopic (exact) mass is 386 g/mol. The normalized spacial score (nSPS) is 10.5. The Morgan fingerprint density at radius 1 is 1.31 bits per heavy atom. The van der Waals surface area contributed by atoms with Gasteiger partial charge in [-0.25, -0.2) is 0 Å². The summed E-state index contributed by atoms with van der Waals surface area (Å²) in [4.78, 5) is 12.3. The number of phenols is 1. The molecule has 0 aliphatic heterocycles. The standard InChI is InChI=1S/C19H12Cl2N2O3/c1-2-7-26-18-12(9-14(20)10-17(18)21)8-13(11-22)19(25)23-15-3-5-16(24)6-4-15/h1,3-6,8-10,24H,7H2,(H,23,25)/b13-8+. The smallest absolute Gasteiger partial charge is 0.266 e. The third-order valence-electron chi connectivity index (χ3n) is 3.13. The molecule has 5 nitrogen and oxygen atoms in total. The quantitative estimate of drug-likeness (QED) is 0.348. The van der Waals surface area contributed by atoms with Crippen LogP contribution in [0.15, 0.2) is 42.0 Å². The number of aromatic hydroxyl groups is 1. The Labute approximate surface area is 160 Å². The summed E-state index contributed by atoms with van der Waals surface area (Å²) in [5.74, 6) is 1.95. The van der Waals surface area contributed by atoms with Crippen LogP contribution in [-0.2, 0) is 4.79 Å². The van der Waals surface area contributed by atoms with Gasteiger partial charge in [0.15, 0.2) is 0 Å². The number of nitrogens with zero attached hydrogens (tertiary/aromatic N) is 1. The fourth-order valence-corrected chi connectivity index (χ4v) is 2.56. The SMILES string of the molecule is C#CCOc1c(Cl)cc(Cl)cc1/C=C(\C#N)C(=O)Nc1ccc(O)cc1. The molecule has 0 aliphatic rings. The number of phenolic OH excluding ortho intramolecular Hbond substituents is 1. The van der Waals surface area contributed by atoms with Gasteiger partial charge in [-0.3, -0.25) is 4.79 Å². The molecule has 2 aromatic carbocycles. The molecule has 0 saturated heterocycles. The fourth-order valence-electron chi connectivity index (χ4n) is 2.00. The molecule has 130 valence electrons. The Balaban J connectivity index is 2.36. The molecule has 0 aromatic heterocycles. The molecule has 0 radical (unpaired) electrons. The average Bonchev–Trinajstić information content (AvgIpc) is 2.60. The molecular weight excluding hydrogens is 375 g/mol. The van der Waals surface area contributed by atoms with E-state index in [2.05, 4.69) is 11.2 Å². The average molecular weight is 387 g/mol. The van der Waals surface area contributed by atoms with Crippen LogP contribution in [-0.4, -0.2) is 17.6 Å². The van der Waals surface area contributed by atoms with Crippen LogP contribution >= 0.6 is 23.2 Å². The Morgan fingerprint density at radius 2 is 2.00 bits per heavy atom. The lowest BCUT2D eigenvalue weighted by Crippen LogP contribution is -2.13. The number of carbonyl (C=O) groups excluding carboxylic acids is 1. The maximum atomic E-state index is 12.3. The predicted octanol–water partition coefficient (Wildman–Crippen LogP) is 4.26. The van der Waals surface area contributed by atoms with Gasteiger partial charge in [0.25, 0.3) is 5.91 Å². The number of amides is 1. The second-order valence-electron chi connectivity index (χ2n) is 4.97. The van der Waals surface area contributed by atoms with Gasteiger partial charge in [-0.2, -0.15) is 5.26 Å². The number of nitrogens with one attached hydrogen (secondary N) is 1. The first-order valence-corrected chi connectivity index (χ1v) is 7.97. The Hall–Kier alpha value is -3.12. The van der Waals surface area contributed by atoms with E-state index in [0.29, 0.717) is 16.3 Å². The van der Waals surface area contributed by atoms with Crippen LogP contribution in [0.25, 0.3) is 6.08 Å². The molecule has 0 heterocycles. The van der Waals surface area contributed by atoms with Gasteiger partial charge in [0, 0.05) is 16.3 Å². The van der Waals surface area contributed by atoms with Crippen LogP contribution in [0.4, 0.5) is 5.69 Å². The summed E-state index contributed by atoms with van der Waals surface area (Å²) >= 11 is 12.1. The maximum Gasteiger partial charge on any atom is 0.266 e. The lowest BCUT2D eigenvalue weighted by atomic mass is 10.1. The Bertz CT molecular complexity index is 939. The summed E-state index contributed by atoms with van der Waals surface area (Å²) in [5, 5.41) is 21.7. The number of hydrogen-bond donors (Lipinski definition) is 2. The topological polar surface area (TPSA) is 82.3 Å². The van der Waals surface area contributed by atoms with E-state index in [1.807, 2.05) is 6.07 Å². The molecular formula is C19H12Cl2N2O3. The number of rotatable bonds is 5. The van der Waals surface area contributed by atoms with E-state index in [4.69, 9.17) is 34.4 Å². The number of carbonyl (C=O) groups is 1. The van der Waals surface area contributed by atoms with E-state index in [0.717, 1.165) is 0 Å². The minimum absolute atomic E-state index is 0.0379. The van der Waals surface area contributed by atoms with E-state index in [-0.39, 0.29) is 28.7 Å². The molecule has 0 atom stereocenters. The van der Waals surface area contributed by atoms with Crippen molar-refractivity contribution in [3.05, 3.63) is 57.6 Å². The van der Waals surface area contributed by atoms with Gasteiger partial charge in [0.2, 0.25) is 0 Å². The number of terminal acetylenes is 1. The van der Waals surface area contributed by atoms with E-state index < -0.39 is 5.91 Å². The van der Waals surface area contributed by atoms with Gasteiger partial charge < -0.3 is 15.2 Å². The van der Waals surface area contributed by atoms with Crippen molar-refractivity contribution in [1.29, 1.82) is 5.26 Å². The highest BCUT2D eigenvalue weighted by molar-refractivity contribution is 6.36. The first-order valence-electron chi connectivity index (χ1n) is 7.22. The zero-order valence-corrected chi connectivity index (χ0v) is 14.8. The van der Waals surface area contributed by atoms with Crippen molar-refractivity contribution >= 4 is 40.9 Å². The highest BCUT2D eigenvalue weighted by Crippen LogP contribution is 2.34. The summed E-state index contributed by atoms with van der Waals surface area (Å²) in [6.07, 6.45) is 6.49. The highest BCUT2D eigenvalue weighted by atomic mass is 35.5. The minimum Gasteiger partial charge on any atom is -0.508 e. The summed E-state index contributed by atoms with van der Waals surface area (Å²) in [6, 6.07) is 10.6. The highest BCUT2D eigenvalue weighted by Gasteiger charge is 2.14. The maximum absolute atomic E-state index is 12.3. The van der Waals surface area contributed by atoms with Crippen LogP contribution in [0.2, 0.25) is 10.0 Å². The number of halogens is 2. The molecule has 0 fully saturated rings. The minimum atomic E-state index is -0.641. The van der Waals surface area contributed by atoms with Gasteiger partial charge >= 0.3 is 0 Å². The number of hydrogen-bond acceptors (Lipinski definition) is 4. The first kappa shape index (κ1) is 19.2. The van der Waals surface area contributed by atoms with Crippen molar-refractivity contribution < 1.29 is 14.6 Å². The van der Waals surface area contributed by atoms with Gasteiger partial charge in [-0.05, 0) is 42.5 Å². The van der Waals surface area contributed by atoms with Gasteiger partial charge in [-0.1, -0.05) is 29.1 Å². The molecule has 0 bridgehead atoms. The number of benzene rings is 2. The summed E-state index contributed by atoms with van der Waals surface area (Å²) in [5.41, 5.74) is 0.569. The lowest BCUT2D eigenvalue weighted by molar-refractivity contribution is -0.112. The Morgan fingerprint density at radius 3 is 2.62 bits per heavy atom. The number of anilines is 1. The number of nitriles is 1. The summed E-state index contributed by atoms with van der Waals surface area (Å²) in [7, 11) is 0. The van der Waals surface area contributed by atoms with Crippen LogP contribution in [0.5, 0.6) is 11.5 Å².